The molecule has 0 spiro atoms. The SMILES string of the molecule is CC(C)CC(CNc1ccc(C#N)cn1)C(=O)O. The Bertz CT molecular complexity index is 435. The first-order valence-corrected chi connectivity index (χ1v) is 5.85. The Kier molecular flexibility index (Phi) is 5.12. The smallest absolute Gasteiger partial charge is 0.308 e. The van der Waals surface area contributed by atoms with E-state index in [1.54, 1.807) is 12.1 Å². The predicted molar refractivity (Wildman–Crippen MR) is 68.0 cm³/mol. The second kappa shape index (κ2) is 6.60. The summed E-state index contributed by atoms with van der Waals surface area (Å²) in [6.07, 6.45) is 2.08. The topological polar surface area (TPSA) is 86.0 Å². The normalized spacial score (nSPS) is 11.9. The number of carbonyl (C=O) groups is 1. The average Bonchev–Trinajstić information content (AvgIpc) is 2.34. The minimum absolute atomic E-state index is 0.335. The monoisotopic (exact) mass is 247 g/mol. The Balaban J connectivity index is 2.56. The number of nitrogens with zero attached hydrogens (tertiary/aromatic N) is 2. The molecule has 0 bridgehead atoms. The summed E-state index contributed by atoms with van der Waals surface area (Å²) in [6.45, 7) is 4.33. The standard InChI is InChI=1S/C13H17N3O2/c1-9(2)5-11(13(17)18)8-16-12-4-3-10(6-14)7-15-12/h3-4,7,9,11H,5,8H2,1-2H3,(H,15,16)(H,17,18). The largest absolute Gasteiger partial charge is 0.481 e. The van der Waals surface area contributed by atoms with Gasteiger partial charge in [-0.2, -0.15) is 5.26 Å². The van der Waals surface area contributed by atoms with E-state index in [9.17, 15) is 4.79 Å². The van der Waals surface area contributed by atoms with Crippen LogP contribution in [0.3, 0.4) is 0 Å². The number of hydrogen-bond donors (Lipinski definition) is 2. The number of anilines is 1. The molecule has 96 valence electrons. The minimum atomic E-state index is -0.801. The lowest BCUT2D eigenvalue weighted by molar-refractivity contribution is -0.141. The maximum atomic E-state index is 11.1. The molecule has 0 aliphatic heterocycles. The van der Waals surface area contributed by atoms with E-state index in [1.807, 2.05) is 19.9 Å². The van der Waals surface area contributed by atoms with Crippen LogP contribution < -0.4 is 5.32 Å². The third kappa shape index (κ3) is 4.42. The molecule has 1 heterocycles. The van der Waals surface area contributed by atoms with E-state index in [-0.39, 0.29) is 0 Å². The zero-order valence-corrected chi connectivity index (χ0v) is 10.6. The molecule has 1 aromatic heterocycles. The van der Waals surface area contributed by atoms with Gasteiger partial charge in [-0.3, -0.25) is 4.79 Å². The van der Waals surface area contributed by atoms with Crippen molar-refractivity contribution in [1.82, 2.24) is 4.98 Å². The van der Waals surface area contributed by atoms with Gasteiger partial charge in [-0.25, -0.2) is 4.98 Å². The van der Waals surface area contributed by atoms with E-state index < -0.39 is 11.9 Å². The Morgan fingerprint density at radius 1 is 1.56 bits per heavy atom. The van der Waals surface area contributed by atoms with Crippen LogP contribution in [0, 0.1) is 23.2 Å². The molecule has 0 radical (unpaired) electrons. The van der Waals surface area contributed by atoms with Crippen molar-refractivity contribution in [1.29, 1.82) is 5.26 Å². The molecule has 0 saturated heterocycles. The van der Waals surface area contributed by atoms with Gasteiger partial charge in [0.2, 0.25) is 0 Å². The molecule has 1 atom stereocenters. The molecule has 0 saturated carbocycles. The van der Waals surface area contributed by atoms with Crippen molar-refractivity contribution in [2.24, 2.45) is 11.8 Å². The van der Waals surface area contributed by atoms with Gasteiger partial charge in [0.15, 0.2) is 0 Å². The van der Waals surface area contributed by atoms with Gasteiger partial charge in [-0.05, 0) is 24.5 Å². The lowest BCUT2D eigenvalue weighted by Gasteiger charge is -2.15. The van der Waals surface area contributed by atoms with Crippen LogP contribution in [-0.2, 0) is 4.79 Å². The summed E-state index contributed by atoms with van der Waals surface area (Å²) in [7, 11) is 0. The molecular weight excluding hydrogens is 230 g/mol. The van der Waals surface area contributed by atoms with Gasteiger partial charge in [-0.15, -0.1) is 0 Å². The van der Waals surface area contributed by atoms with Gasteiger partial charge < -0.3 is 10.4 Å². The number of nitrogens with one attached hydrogen (secondary N) is 1. The highest BCUT2D eigenvalue weighted by molar-refractivity contribution is 5.70. The van der Waals surface area contributed by atoms with Crippen LogP contribution in [0.1, 0.15) is 25.8 Å². The van der Waals surface area contributed by atoms with E-state index in [0.717, 1.165) is 0 Å². The molecule has 0 aromatic carbocycles. The maximum Gasteiger partial charge on any atom is 0.308 e. The number of pyridine rings is 1. The van der Waals surface area contributed by atoms with Crippen molar-refractivity contribution in [2.75, 3.05) is 11.9 Å². The molecular formula is C13H17N3O2. The molecule has 2 N–H and O–H groups in total. The molecule has 0 aliphatic rings. The maximum absolute atomic E-state index is 11.1. The van der Waals surface area contributed by atoms with E-state index in [1.165, 1.54) is 6.20 Å². The van der Waals surface area contributed by atoms with Crippen molar-refractivity contribution in [3.8, 4) is 6.07 Å². The fourth-order valence-electron chi connectivity index (χ4n) is 1.63. The number of aromatic nitrogens is 1. The van der Waals surface area contributed by atoms with Gasteiger partial charge in [0.1, 0.15) is 11.9 Å². The van der Waals surface area contributed by atoms with Gasteiger partial charge >= 0.3 is 5.97 Å². The molecule has 0 aliphatic carbocycles. The van der Waals surface area contributed by atoms with Crippen LogP contribution in [0.5, 0.6) is 0 Å². The van der Waals surface area contributed by atoms with Crippen LogP contribution in [0.15, 0.2) is 18.3 Å². The van der Waals surface area contributed by atoms with Crippen LogP contribution >= 0.6 is 0 Å². The Hall–Kier alpha value is -2.09. The Morgan fingerprint density at radius 2 is 2.28 bits per heavy atom. The number of hydrogen-bond acceptors (Lipinski definition) is 4. The second-order valence-electron chi connectivity index (χ2n) is 4.59. The van der Waals surface area contributed by atoms with Crippen molar-refractivity contribution >= 4 is 11.8 Å². The van der Waals surface area contributed by atoms with Crippen molar-refractivity contribution < 1.29 is 9.90 Å². The summed E-state index contributed by atoms with van der Waals surface area (Å²) in [4.78, 5) is 15.1. The van der Waals surface area contributed by atoms with Crippen LogP contribution in [0.4, 0.5) is 5.82 Å². The average molecular weight is 247 g/mol. The molecule has 1 unspecified atom stereocenters. The Morgan fingerprint density at radius 3 is 2.72 bits per heavy atom. The molecule has 0 fully saturated rings. The predicted octanol–water partition coefficient (Wildman–Crippen LogP) is 2.11. The quantitative estimate of drug-likeness (QED) is 0.804. The summed E-state index contributed by atoms with van der Waals surface area (Å²) in [5.74, 6) is -0.307. The minimum Gasteiger partial charge on any atom is -0.481 e. The van der Waals surface area contributed by atoms with Gasteiger partial charge in [0.25, 0.3) is 0 Å². The molecule has 0 amide bonds. The van der Waals surface area contributed by atoms with Gasteiger partial charge in [0, 0.05) is 12.7 Å². The first-order valence-electron chi connectivity index (χ1n) is 5.85. The van der Waals surface area contributed by atoms with Gasteiger partial charge in [-0.1, -0.05) is 13.8 Å². The zero-order chi connectivity index (χ0) is 13.5. The number of aliphatic carboxylic acids is 1. The lowest BCUT2D eigenvalue weighted by atomic mass is 9.97. The fourth-order valence-corrected chi connectivity index (χ4v) is 1.63. The highest BCUT2D eigenvalue weighted by Gasteiger charge is 2.18. The molecule has 18 heavy (non-hydrogen) atoms. The number of carboxylic acid groups (broad SMARTS) is 1. The first kappa shape index (κ1) is 14.0. The highest BCUT2D eigenvalue weighted by atomic mass is 16.4. The van der Waals surface area contributed by atoms with Crippen LogP contribution in [0.2, 0.25) is 0 Å². The fraction of sp³-hybridized carbons (Fsp3) is 0.462. The number of nitriles is 1. The lowest BCUT2D eigenvalue weighted by Crippen LogP contribution is -2.24. The first-order chi connectivity index (χ1) is 8.52. The van der Waals surface area contributed by atoms with Crippen LogP contribution in [0.25, 0.3) is 0 Å². The van der Waals surface area contributed by atoms with Crippen molar-refractivity contribution in [2.45, 2.75) is 20.3 Å². The zero-order valence-electron chi connectivity index (χ0n) is 10.6. The van der Waals surface area contributed by atoms with E-state index in [0.29, 0.717) is 30.3 Å². The molecule has 1 rings (SSSR count). The second-order valence-corrected chi connectivity index (χ2v) is 4.59. The summed E-state index contributed by atoms with van der Waals surface area (Å²) in [5.41, 5.74) is 0.484. The number of rotatable bonds is 6. The van der Waals surface area contributed by atoms with E-state index in [2.05, 4.69) is 10.3 Å². The summed E-state index contributed by atoms with van der Waals surface area (Å²) in [6, 6.07) is 5.30. The molecule has 5 heteroatoms. The van der Waals surface area contributed by atoms with Gasteiger partial charge in [0.05, 0.1) is 11.5 Å². The summed E-state index contributed by atoms with van der Waals surface area (Å²) in [5, 5.41) is 20.7. The van der Waals surface area contributed by atoms with E-state index >= 15 is 0 Å². The highest BCUT2D eigenvalue weighted by Crippen LogP contribution is 2.13. The summed E-state index contributed by atoms with van der Waals surface area (Å²) < 4.78 is 0. The third-order valence-electron chi connectivity index (χ3n) is 2.53. The summed E-state index contributed by atoms with van der Waals surface area (Å²) >= 11 is 0. The van der Waals surface area contributed by atoms with Crippen molar-refractivity contribution in [3.63, 3.8) is 0 Å². The van der Waals surface area contributed by atoms with Crippen molar-refractivity contribution in [3.05, 3.63) is 23.9 Å². The molecule has 1 aromatic rings. The Labute approximate surface area is 106 Å². The van der Waals surface area contributed by atoms with Crippen LogP contribution in [-0.4, -0.2) is 22.6 Å². The number of carboxylic acids is 1. The molecule has 5 nitrogen and oxygen atoms in total. The third-order valence-corrected chi connectivity index (χ3v) is 2.53. The van der Waals surface area contributed by atoms with E-state index in [4.69, 9.17) is 10.4 Å².